The second kappa shape index (κ2) is 6.09. The van der Waals surface area contributed by atoms with Gasteiger partial charge < -0.3 is 10.2 Å². The Hall–Kier alpha value is -0.870. The van der Waals surface area contributed by atoms with Gasteiger partial charge in [-0.25, -0.2) is 0 Å². The molecule has 1 aromatic rings. The summed E-state index contributed by atoms with van der Waals surface area (Å²) in [6.45, 7) is 4.00. The molecule has 21 heavy (non-hydrogen) atoms. The molecule has 2 heterocycles. The number of carbonyl (C=O) groups is 1. The Morgan fingerprint density at radius 3 is 2.67 bits per heavy atom. The fourth-order valence-electron chi connectivity index (χ4n) is 3.38. The number of nitrogens with one attached hydrogen (secondary N) is 1. The van der Waals surface area contributed by atoms with Crippen LogP contribution in [0.25, 0.3) is 0 Å². The molecule has 1 N–H and O–H groups in total. The molecule has 116 valence electrons. The normalized spacial score (nSPS) is 21.7. The highest BCUT2D eigenvalue weighted by Crippen LogP contribution is 2.31. The number of carbonyl (C=O) groups excluding carboxylic acids is 1. The first kappa shape index (κ1) is 15.0. The van der Waals surface area contributed by atoms with E-state index in [0.29, 0.717) is 0 Å². The van der Waals surface area contributed by atoms with Gasteiger partial charge in [0.1, 0.15) is 0 Å². The molecule has 4 heteroatoms. The van der Waals surface area contributed by atoms with E-state index in [4.69, 9.17) is 0 Å². The molecule has 0 atom stereocenters. The smallest absolute Gasteiger partial charge is 0.263 e. The molecule has 1 fully saturated rings. The number of thiophene rings is 1. The second-order valence-corrected chi connectivity index (χ2v) is 7.86. The van der Waals surface area contributed by atoms with E-state index in [0.717, 1.165) is 37.2 Å². The molecule has 1 aliphatic carbocycles. The van der Waals surface area contributed by atoms with E-state index < -0.39 is 0 Å². The molecule has 2 aliphatic rings. The highest BCUT2D eigenvalue weighted by atomic mass is 32.1. The quantitative estimate of drug-likeness (QED) is 0.851. The number of fused-ring (bicyclic) bond motifs is 1. The van der Waals surface area contributed by atoms with Crippen molar-refractivity contribution in [3.05, 3.63) is 21.4 Å². The minimum atomic E-state index is 0.198. The third-order valence-corrected chi connectivity index (χ3v) is 6.44. The van der Waals surface area contributed by atoms with Crippen LogP contribution in [0.3, 0.4) is 0 Å². The van der Waals surface area contributed by atoms with Crippen LogP contribution in [0.4, 0.5) is 0 Å². The minimum Gasteiger partial charge on any atom is -0.338 e. The molecule has 0 spiro atoms. The van der Waals surface area contributed by atoms with E-state index in [9.17, 15) is 4.79 Å². The van der Waals surface area contributed by atoms with E-state index >= 15 is 0 Å². The lowest BCUT2D eigenvalue weighted by atomic mass is 9.90. The lowest BCUT2D eigenvalue weighted by Gasteiger charge is -2.39. The molecule has 3 nitrogen and oxygen atoms in total. The second-order valence-electron chi connectivity index (χ2n) is 6.72. The number of nitrogens with zero attached hydrogens (tertiary/aromatic N) is 1. The summed E-state index contributed by atoms with van der Waals surface area (Å²) in [4.78, 5) is 17.2. The Labute approximate surface area is 131 Å². The van der Waals surface area contributed by atoms with Crippen LogP contribution < -0.4 is 5.32 Å². The van der Waals surface area contributed by atoms with E-state index in [1.165, 1.54) is 36.1 Å². The number of aryl methyl sites for hydroxylation is 2. The Balaban J connectivity index is 1.69. The van der Waals surface area contributed by atoms with Gasteiger partial charge >= 0.3 is 0 Å². The van der Waals surface area contributed by atoms with Crippen molar-refractivity contribution in [1.82, 2.24) is 10.2 Å². The first-order valence-electron chi connectivity index (χ1n) is 8.21. The molecule has 0 unspecified atom stereocenters. The van der Waals surface area contributed by atoms with Crippen molar-refractivity contribution >= 4 is 17.2 Å². The molecular formula is C17H26N2OS. The average Bonchev–Trinajstić information content (AvgIpc) is 2.78. The Kier molecular flexibility index (Phi) is 4.36. The molecule has 0 bridgehead atoms. The number of hydrogen-bond donors (Lipinski definition) is 1. The predicted octanol–water partition coefficient (Wildman–Crippen LogP) is 3.23. The maximum atomic E-state index is 12.7. The summed E-state index contributed by atoms with van der Waals surface area (Å²) in [6, 6.07) is 2.18. The Morgan fingerprint density at radius 2 is 1.95 bits per heavy atom. The van der Waals surface area contributed by atoms with Crippen LogP contribution in [0.1, 0.15) is 59.1 Å². The van der Waals surface area contributed by atoms with Crippen molar-refractivity contribution in [3.63, 3.8) is 0 Å². The zero-order chi connectivity index (χ0) is 14.9. The minimum absolute atomic E-state index is 0.198. The van der Waals surface area contributed by atoms with E-state index in [2.05, 4.69) is 18.3 Å². The fraction of sp³-hybridized carbons (Fsp3) is 0.706. The zero-order valence-electron chi connectivity index (χ0n) is 13.2. The van der Waals surface area contributed by atoms with Gasteiger partial charge in [0.15, 0.2) is 0 Å². The molecule has 0 aromatic carbocycles. The van der Waals surface area contributed by atoms with Gasteiger partial charge in [-0.1, -0.05) is 6.42 Å². The number of amides is 1. The van der Waals surface area contributed by atoms with Crippen LogP contribution in [0.2, 0.25) is 0 Å². The van der Waals surface area contributed by atoms with Crippen LogP contribution in [0, 0.1) is 0 Å². The van der Waals surface area contributed by atoms with Crippen molar-refractivity contribution in [2.45, 2.75) is 57.4 Å². The lowest BCUT2D eigenvalue weighted by Crippen LogP contribution is -2.51. The van der Waals surface area contributed by atoms with Gasteiger partial charge in [0, 0.05) is 23.5 Å². The van der Waals surface area contributed by atoms with Gasteiger partial charge in [0.2, 0.25) is 0 Å². The van der Waals surface area contributed by atoms with Gasteiger partial charge in [-0.3, -0.25) is 4.79 Å². The number of piperidine rings is 1. The van der Waals surface area contributed by atoms with E-state index in [1.807, 2.05) is 11.9 Å². The van der Waals surface area contributed by atoms with Crippen LogP contribution in [0.5, 0.6) is 0 Å². The molecule has 0 saturated carbocycles. The van der Waals surface area contributed by atoms with Crippen LogP contribution in [0.15, 0.2) is 6.07 Å². The molecule has 1 aliphatic heterocycles. The SMILES string of the molecule is CNC1(C)CCN(C(=O)c2cc3c(s2)CCCCC3)CC1. The fourth-order valence-corrected chi connectivity index (χ4v) is 4.60. The maximum Gasteiger partial charge on any atom is 0.263 e. The molecule has 1 amide bonds. The van der Waals surface area contributed by atoms with Crippen molar-refractivity contribution in [2.75, 3.05) is 20.1 Å². The van der Waals surface area contributed by atoms with Crippen molar-refractivity contribution in [3.8, 4) is 0 Å². The van der Waals surface area contributed by atoms with Gasteiger partial charge in [0.05, 0.1) is 4.88 Å². The summed E-state index contributed by atoms with van der Waals surface area (Å²) in [6.07, 6.45) is 8.31. The summed E-state index contributed by atoms with van der Waals surface area (Å²) < 4.78 is 0. The predicted molar refractivity (Wildman–Crippen MR) is 88.2 cm³/mol. The molecule has 1 aromatic heterocycles. The first-order valence-corrected chi connectivity index (χ1v) is 9.03. The van der Waals surface area contributed by atoms with Gasteiger partial charge in [-0.2, -0.15) is 0 Å². The summed E-state index contributed by atoms with van der Waals surface area (Å²) >= 11 is 1.75. The van der Waals surface area contributed by atoms with E-state index in [-0.39, 0.29) is 11.4 Å². The molecular weight excluding hydrogens is 280 g/mol. The Bertz CT molecular complexity index is 491. The maximum absolute atomic E-state index is 12.7. The Morgan fingerprint density at radius 1 is 1.24 bits per heavy atom. The van der Waals surface area contributed by atoms with Gasteiger partial charge in [0.25, 0.3) is 5.91 Å². The molecule has 1 saturated heterocycles. The van der Waals surface area contributed by atoms with Crippen molar-refractivity contribution < 1.29 is 4.79 Å². The van der Waals surface area contributed by atoms with Crippen molar-refractivity contribution in [2.24, 2.45) is 0 Å². The average molecular weight is 306 g/mol. The highest BCUT2D eigenvalue weighted by Gasteiger charge is 2.31. The number of hydrogen-bond acceptors (Lipinski definition) is 3. The van der Waals surface area contributed by atoms with Crippen LogP contribution >= 0.6 is 11.3 Å². The highest BCUT2D eigenvalue weighted by molar-refractivity contribution is 7.14. The number of likely N-dealkylation sites (tertiary alicyclic amines) is 1. The largest absolute Gasteiger partial charge is 0.338 e. The lowest BCUT2D eigenvalue weighted by molar-refractivity contribution is 0.0666. The standard InChI is InChI=1S/C17H26N2OS/c1-17(18-2)8-10-19(11-9-17)16(20)15-12-13-6-4-3-5-7-14(13)21-15/h12,18H,3-11H2,1-2H3. The zero-order valence-corrected chi connectivity index (χ0v) is 14.0. The van der Waals surface area contributed by atoms with Crippen LogP contribution in [-0.2, 0) is 12.8 Å². The van der Waals surface area contributed by atoms with Crippen LogP contribution in [-0.4, -0.2) is 36.5 Å². The third kappa shape index (κ3) is 3.16. The summed E-state index contributed by atoms with van der Waals surface area (Å²) in [5.74, 6) is 0.256. The first-order chi connectivity index (χ1) is 10.1. The van der Waals surface area contributed by atoms with Crippen molar-refractivity contribution in [1.29, 1.82) is 0 Å². The summed E-state index contributed by atoms with van der Waals surface area (Å²) in [5.41, 5.74) is 1.64. The summed E-state index contributed by atoms with van der Waals surface area (Å²) in [7, 11) is 2.02. The third-order valence-electron chi connectivity index (χ3n) is 5.22. The number of rotatable bonds is 2. The molecule has 0 radical (unpaired) electrons. The monoisotopic (exact) mass is 306 g/mol. The van der Waals surface area contributed by atoms with Gasteiger partial charge in [-0.05, 0) is 64.1 Å². The van der Waals surface area contributed by atoms with Gasteiger partial charge in [-0.15, -0.1) is 11.3 Å². The van der Waals surface area contributed by atoms with E-state index in [1.54, 1.807) is 11.3 Å². The molecule has 3 rings (SSSR count). The summed E-state index contributed by atoms with van der Waals surface area (Å²) in [5, 5.41) is 3.39. The topological polar surface area (TPSA) is 32.3 Å².